The number of aliphatic imine (C=N–C) groups is 1. The molecule has 17 heavy (non-hydrogen) atoms. The molecule has 0 aromatic heterocycles. The lowest BCUT2D eigenvalue weighted by atomic mass is 10.00. The van der Waals surface area contributed by atoms with Gasteiger partial charge in [-0.25, -0.2) is 4.39 Å². The van der Waals surface area contributed by atoms with Crippen LogP contribution in [0.3, 0.4) is 0 Å². The predicted octanol–water partition coefficient (Wildman–Crippen LogP) is 1.84. The predicted molar refractivity (Wildman–Crippen MR) is 65.5 cm³/mol. The zero-order valence-corrected chi connectivity index (χ0v) is 9.91. The molecule has 0 spiro atoms. The normalized spacial score (nSPS) is 23.1. The molecule has 0 radical (unpaired) electrons. The number of nitrogens with zero attached hydrogens (tertiary/aromatic N) is 2. The summed E-state index contributed by atoms with van der Waals surface area (Å²) >= 11 is 0. The van der Waals surface area contributed by atoms with Crippen LogP contribution < -0.4 is 5.32 Å². The van der Waals surface area contributed by atoms with Gasteiger partial charge in [-0.2, -0.15) is 0 Å². The number of halogens is 1. The molecule has 1 N–H and O–H groups in total. The topological polar surface area (TPSA) is 27.6 Å². The molecule has 1 fully saturated rings. The first-order valence-corrected chi connectivity index (χ1v) is 6.07. The molecule has 0 amide bonds. The Morgan fingerprint density at radius 2 is 2.35 bits per heavy atom. The van der Waals surface area contributed by atoms with Gasteiger partial charge in [0.15, 0.2) is 5.96 Å². The first-order valence-electron chi connectivity index (χ1n) is 6.07. The molecule has 1 atom stereocenters. The van der Waals surface area contributed by atoms with Crippen molar-refractivity contribution in [3.8, 4) is 0 Å². The Kier molecular flexibility index (Phi) is 2.50. The van der Waals surface area contributed by atoms with Gasteiger partial charge in [-0.15, -0.1) is 0 Å². The summed E-state index contributed by atoms with van der Waals surface area (Å²) in [6.45, 7) is 4.51. The van der Waals surface area contributed by atoms with Gasteiger partial charge in [0, 0.05) is 19.6 Å². The third-order valence-corrected chi connectivity index (χ3v) is 3.53. The molecular formula is C13H16FN3. The summed E-state index contributed by atoms with van der Waals surface area (Å²) in [5, 5.41) is 3.27. The molecule has 0 aliphatic carbocycles. The average molecular weight is 233 g/mol. The fourth-order valence-electron chi connectivity index (χ4n) is 2.56. The van der Waals surface area contributed by atoms with Crippen LogP contribution in [0.5, 0.6) is 0 Å². The highest BCUT2D eigenvalue weighted by Crippen LogP contribution is 2.29. The van der Waals surface area contributed by atoms with Crippen LogP contribution in [0.15, 0.2) is 23.2 Å². The third kappa shape index (κ3) is 1.77. The van der Waals surface area contributed by atoms with E-state index in [0.717, 1.165) is 37.6 Å². The first-order chi connectivity index (χ1) is 8.25. The van der Waals surface area contributed by atoms with E-state index in [1.165, 1.54) is 0 Å². The summed E-state index contributed by atoms with van der Waals surface area (Å²) in [5.41, 5.74) is 1.77. The highest BCUT2D eigenvalue weighted by atomic mass is 19.1. The van der Waals surface area contributed by atoms with Crippen molar-refractivity contribution < 1.29 is 4.39 Å². The van der Waals surface area contributed by atoms with E-state index in [4.69, 9.17) is 0 Å². The Hall–Kier alpha value is -1.58. The second-order valence-electron chi connectivity index (χ2n) is 4.64. The van der Waals surface area contributed by atoms with Crippen LogP contribution in [-0.2, 0) is 0 Å². The second kappa shape index (κ2) is 4.02. The second-order valence-corrected chi connectivity index (χ2v) is 4.64. The SMILES string of the molecule is Cc1ccc(C2CCN=C3NCCN32)cc1F. The molecule has 4 heteroatoms. The largest absolute Gasteiger partial charge is 0.354 e. The number of benzene rings is 1. The maximum atomic E-state index is 13.6. The molecular weight excluding hydrogens is 217 g/mol. The molecule has 2 aliphatic heterocycles. The summed E-state index contributed by atoms with van der Waals surface area (Å²) in [5.74, 6) is 0.862. The van der Waals surface area contributed by atoms with Gasteiger partial charge in [-0.3, -0.25) is 4.99 Å². The third-order valence-electron chi connectivity index (χ3n) is 3.53. The quantitative estimate of drug-likeness (QED) is 0.801. The molecule has 3 rings (SSSR count). The lowest BCUT2D eigenvalue weighted by Gasteiger charge is -2.32. The Bertz CT molecular complexity index is 470. The van der Waals surface area contributed by atoms with E-state index < -0.39 is 0 Å². The fraction of sp³-hybridized carbons (Fsp3) is 0.462. The van der Waals surface area contributed by atoms with E-state index in [2.05, 4.69) is 15.2 Å². The van der Waals surface area contributed by atoms with Gasteiger partial charge in [-0.1, -0.05) is 12.1 Å². The van der Waals surface area contributed by atoms with Crippen LogP contribution in [0.2, 0.25) is 0 Å². The van der Waals surface area contributed by atoms with Crippen molar-refractivity contribution in [2.45, 2.75) is 19.4 Å². The van der Waals surface area contributed by atoms with Crippen LogP contribution in [-0.4, -0.2) is 30.5 Å². The monoisotopic (exact) mass is 233 g/mol. The highest BCUT2D eigenvalue weighted by molar-refractivity contribution is 5.82. The fourth-order valence-corrected chi connectivity index (χ4v) is 2.56. The van der Waals surface area contributed by atoms with Gasteiger partial charge in [0.2, 0.25) is 0 Å². The molecule has 1 aromatic carbocycles. The summed E-state index contributed by atoms with van der Waals surface area (Å²) in [4.78, 5) is 6.69. The number of guanidine groups is 1. The first kappa shape index (κ1) is 10.6. The van der Waals surface area contributed by atoms with Crippen LogP contribution in [0.25, 0.3) is 0 Å². The molecule has 1 aromatic rings. The molecule has 2 aliphatic rings. The van der Waals surface area contributed by atoms with E-state index in [0.29, 0.717) is 5.56 Å². The number of rotatable bonds is 1. The number of aryl methyl sites for hydroxylation is 1. The minimum Gasteiger partial charge on any atom is -0.354 e. The molecule has 3 nitrogen and oxygen atoms in total. The van der Waals surface area contributed by atoms with E-state index >= 15 is 0 Å². The van der Waals surface area contributed by atoms with E-state index in [9.17, 15) is 4.39 Å². The zero-order chi connectivity index (χ0) is 11.8. The van der Waals surface area contributed by atoms with Crippen molar-refractivity contribution in [3.63, 3.8) is 0 Å². The van der Waals surface area contributed by atoms with Crippen molar-refractivity contribution in [2.75, 3.05) is 19.6 Å². The van der Waals surface area contributed by atoms with Crippen molar-refractivity contribution in [1.29, 1.82) is 0 Å². The van der Waals surface area contributed by atoms with Crippen molar-refractivity contribution in [2.24, 2.45) is 4.99 Å². The Morgan fingerprint density at radius 1 is 1.47 bits per heavy atom. The maximum absolute atomic E-state index is 13.6. The summed E-state index contributed by atoms with van der Waals surface area (Å²) in [6, 6.07) is 5.83. The van der Waals surface area contributed by atoms with Crippen molar-refractivity contribution in [1.82, 2.24) is 10.2 Å². The Balaban J connectivity index is 1.93. The van der Waals surface area contributed by atoms with Crippen LogP contribution in [0.4, 0.5) is 4.39 Å². The van der Waals surface area contributed by atoms with Crippen LogP contribution in [0.1, 0.15) is 23.6 Å². The van der Waals surface area contributed by atoms with Gasteiger partial charge in [0.1, 0.15) is 5.82 Å². The molecule has 2 heterocycles. The summed E-state index contributed by atoms with van der Waals surface area (Å²) in [6.07, 6.45) is 0.966. The molecule has 1 unspecified atom stereocenters. The molecule has 0 bridgehead atoms. The lowest BCUT2D eigenvalue weighted by Crippen LogP contribution is -2.37. The zero-order valence-electron chi connectivity index (χ0n) is 9.91. The number of fused-ring (bicyclic) bond motifs is 1. The van der Waals surface area contributed by atoms with E-state index in [1.54, 1.807) is 13.0 Å². The van der Waals surface area contributed by atoms with Gasteiger partial charge < -0.3 is 10.2 Å². The van der Waals surface area contributed by atoms with Crippen molar-refractivity contribution in [3.05, 3.63) is 35.1 Å². The number of hydrogen-bond donors (Lipinski definition) is 1. The van der Waals surface area contributed by atoms with E-state index in [-0.39, 0.29) is 11.9 Å². The Morgan fingerprint density at radius 3 is 3.18 bits per heavy atom. The Labute approximate surface area is 100 Å². The smallest absolute Gasteiger partial charge is 0.194 e. The van der Waals surface area contributed by atoms with Crippen LogP contribution >= 0.6 is 0 Å². The lowest BCUT2D eigenvalue weighted by molar-refractivity contribution is 0.314. The minimum atomic E-state index is -0.112. The van der Waals surface area contributed by atoms with Gasteiger partial charge in [0.05, 0.1) is 6.04 Å². The van der Waals surface area contributed by atoms with E-state index in [1.807, 2.05) is 12.1 Å². The number of hydrogen-bond acceptors (Lipinski definition) is 3. The molecule has 0 saturated carbocycles. The number of nitrogens with one attached hydrogen (secondary N) is 1. The van der Waals surface area contributed by atoms with Crippen LogP contribution in [0, 0.1) is 12.7 Å². The molecule has 1 saturated heterocycles. The highest BCUT2D eigenvalue weighted by Gasteiger charge is 2.30. The minimum absolute atomic E-state index is 0.112. The van der Waals surface area contributed by atoms with Gasteiger partial charge in [-0.05, 0) is 30.5 Å². The van der Waals surface area contributed by atoms with Crippen molar-refractivity contribution >= 4 is 5.96 Å². The molecule has 90 valence electrons. The average Bonchev–Trinajstić information content (AvgIpc) is 2.80. The van der Waals surface area contributed by atoms with Gasteiger partial charge >= 0.3 is 0 Å². The maximum Gasteiger partial charge on any atom is 0.194 e. The summed E-state index contributed by atoms with van der Waals surface area (Å²) < 4.78 is 13.6. The van der Waals surface area contributed by atoms with Gasteiger partial charge in [0.25, 0.3) is 0 Å². The summed E-state index contributed by atoms with van der Waals surface area (Å²) in [7, 11) is 0. The standard InChI is InChI=1S/C13H16FN3/c1-9-2-3-10(8-11(9)14)12-4-5-15-13-16-6-7-17(12)13/h2-3,8,12H,4-7H2,1H3,(H,15,16).